The molecule has 0 unspecified atom stereocenters. The van der Waals surface area contributed by atoms with Gasteiger partial charge in [-0.1, -0.05) is 11.3 Å². The van der Waals surface area contributed by atoms with E-state index in [0.29, 0.717) is 12.5 Å². The van der Waals surface area contributed by atoms with Crippen LogP contribution in [0.1, 0.15) is 30.1 Å². The molecule has 4 nitrogen and oxygen atoms in total. The Hall–Kier alpha value is -1.45. The molecule has 68 valence electrons. The lowest BCUT2D eigenvalue weighted by Gasteiger charge is -1.99. The Morgan fingerprint density at radius 1 is 1.46 bits per heavy atom. The predicted molar refractivity (Wildman–Crippen MR) is 49.0 cm³/mol. The van der Waals surface area contributed by atoms with Crippen LogP contribution in [-0.2, 0) is 6.54 Å². The maximum atomic E-state index is 4.92. The zero-order valence-corrected chi connectivity index (χ0v) is 7.35. The first kappa shape index (κ1) is 8.16. The van der Waals surface area contributed by atoms with Gasteiger partial charge < -0.3 is 5.84 Å². The molecule has 4 heteroatoms. The van der Waals surface area contributed by atoms with E-state index in [1.54, 1.807) is 0 Å². The van der Waals surface area contributed by atoms with Crippen LogP contribution in [0, 0.1) is 0 Å². The third-order valence-electron chi connectivity index (χ3n) is 2.14. The van der Waals surface area contributed by atoms with E-state index in [-0.39, 0.29) is 0 Å². The van der Waals surface area contributed by atoms with Crippen LogP contribution in [0.15, 0.2) is 28.5 Å². The Morgan fingerprint density at radius 3 is 3.00 bits per heavy atom. The van der Waals surface area contributed by atoms with Crippen molar-refractivity contribution in [2.45, 2.75) is 25.3 Å². The van der Waals surface area contributed by atoms with Crippen molar-refractivity contribution < 1.29 is 0 Å². The van der Waals surface area contributed by atoms with Gasteiger partial charge in [-0.05, 0) is 25.0 Å². The van der Waals surface area contributed by atoms with E-state index in [2.05, 4.69) is 21.4 Å². The van der Waals surface area contributed by atoms with Crippen molar-refractivity contribution in [1.29, 1.82) is 0 Å². The molecule has 0 spiro atoms. The fourth-order valence-electron chi connectivity index (χ4n) is 1.31. The molecule has 0 bridgehead atoms. The second-order valence-electron chi connectivity index (χ2n) is 3.24. The van der Waals surface area contributed by atoms with Gasteiger partial charge >= 0.3 is 0 Å². The van der Waals surface area contributed by atoms with Crippen LogP contribution >= 0.6 is 0 Å². The summed E-state index contributed by atoms with van der Waals surface area (Å²) in [5.74, 6) is 5.61. The number of nitrogens with two attached hydrogens (primary N) is 1. The fourth-order valence-corrected chi connectivity index (χ4v) is 1.31. The van der Waals surface area contributed by atoms with Crippen LogP contribution < -0.4 is 5.84 Å². The minimum absolute atomic E-state index is 0.483. The van der Waals surface area contributed by atoms with Gasteiger partial charge in [-0.2, -0.15) is 5.11 Å². The minimum Gasteiger partial charge on any atom is -0.305 e. The summed E-state index contributed by atoms with van der Waals surface area (Å²) in [6.45, 7) is 0.483. The van der Waals surface area contributed by atoms with Gasteiger partial charge in [-0.15, -0.1) is 0 Å². The summed E-state index contributed by atoms with van der Waals surface area (Å²) >= 11 is 0. The first-order valence-electron chi connectivity index (χ1n) is 4.42. The first-order valence-corrected chi connectivity index (χ1v) is 4.42. The Labute approximate surface area is 76.9 Å². The number of rotatable bonds is 3. The fraction of sp³-hybridized carbons (Fsp3) is 0.444. The van der Waals surface area contributed by atoms with E-state index >= 15 is 0 Å². The normalized spacial score (nSPS) is 16.6. The average Bonchev–Trinajstić information content (AvgIpc) is 2.98. The van der Waals surface area contributed by atoms with Gasteiger partial charge in [0.1, 0.15) is 6.54 Å². The molecule has 0 amide bonds. The summed E-state index contributed by atoms with van der Waals surface area (Å²) in [7, 11) is 0. The monoisotopic (exact) mass is 176 g/mol. The topological polar surface area (TPSA) is 63.6 Å². The van der Waals surface area contributed by atoms with Crippen molar-refractivity contribution >= 4 is 0 Å². The van der Waals surface area contributed by atoms with Crippen LogP contribution in [0.3, 0.4) is 0 Å². The zero-order valence-electron chi connectivity index (χ0n) is 7.35. The second kappa shape index (κ2) is 3.51. The maximum Gasteiger partial charge on any atom is 0.104 e. The second-order valence-corrected chi connectivity index (χ2v) is 3.24. The van der Waals surface area contributed by atoms with Crippen LogP contribution in [0.5, 0.6) is 0 Å². The molecule has 1 saturated carbocycles. The van der Waals surface area contributed by atoms with Gasteiger partial charge in [0.2, 0.25) is 0 Å². The van der Waals surface area contributed by atoms with E-state index in [1.807, 2.05) is 12.1 Å². The minimum atomic E-state index is 0.483. The van der Waals surface area contributed by atoms with Crippen molar-refractivity contribution in [3.05, 3.63) is 29.6 Å². The lowest BCUT2D eigenvalue weighted by Crippen LogP contribution is -1.92. The maximum absolute atomic E-state index is 4.92. The Kier molecular flexibility index (Phi) is 2.21. The molecule has 13 heavy (non-hydrogen) atoms. The smallest absolute Gasteiger partial charge is 0.104 e. The highest BCUT2D eigenvalue weighted by Crippen LogP contribution is 2.38. The van der Waals surface area contributed by atoms with Crippen molar-refractivity contribution in [3.63, 3.8) is 0 Å². The van der Waals surface area contributed by atoms with Gasteiger partial charge in [-0.3, -0.25) is 4.98 Å². The van der Waals surface area contributed by atoms with Gasteiger partial charge in [0.05, 0.1) is 5.69 Å². The molecule has 2 rings (SSSR count). The average molecular weight is 176 g/mol. The number of nitrogens with zero attached hydrogens (tertiary/aromatic N) is 3. The van der Waals surface area contributed by atoms with Gasteiger partial charge in [0.15, 0.2) is 0 Å². The molecule has 1 aromatic heterocycles. The summed E-state index contributed by atoms with van der Waals surface area (Å²) in [6, 6.07) is 6.03. The van der Waals surface area contributed by atoms with Gasteiger partial charge in [0.25, 0.3) is 0 Å². The van der Waals surface area contributed by atoms with Crippen LogP contribution in [0.2, 0.25) is 0 Å². The largest absolute Gasteiger partial charge is 0.305 e. The van der Waals surface area contributed by atoms with Crippen LogP contribution in [0.25, 0.3) is 0 Å². The molecular weight excluding hydrogens is 164 g/mol. The molecule has 2 N–H and O–H groups in total. The van der Waals surface area contributed by atoms with Crippen molar-refractivity contribution in [1.82, 2.24) is 4.98 Å². The van der Waals surface area contributed by atoms with Gasteiger partial charge in [-0.25, -0.2) is 0 Å². The number of hydrogen-bond donors (Lipinski definition) is 1. The van der Waals surface area contributed by atoms with E-state index in [1.165, 1.54) is 18.5 Å². The Morgan fingerprint density at radius 2 is 2.31 bits per heavy atom. The lowest BCUT2D eigenvalue weighted by molar-refractivity contribution is 0.848. The van der Waals surface area contributed by atoms with E-state index in [9.17, 15) is 0 Å². The summed E-state index contributed by atoms with van der Waals surface area (Å²) in [5.41, 5.74) is 2.13. The molecule has 0 aromatic carbocycles. The highest BCUT2D eigenvalue weighted by atomic mass is 15.3. The molecule has 1 aromatic rings. The van der Waals surface area contributed by atoms with Crippen LogP contribution in [-0.4, -0.2) is 4.98 Å². The summed E-state index contributed by atoms with van der Waals surface area (Å²) in [4.78, 5) is 4.46. The van der Waals surface area contributed by atoms with Gasteiger partial charge in [0, 0.05) is 11.6 Å². The molecule has 1 fully saturated rings. The number of aromatic nitrogens is 1. The third-order valence-corrected chi connectivity index (χ3v) is 2.14. The Bertz CT molecular complexity index is 317. The van der Waals surface area contributed by atoms with E-state index in [4.69, 9.17) is 5.84 Å². The van der Waals surface area contributed by atoms with Crippen molar-refractivity contribution in [2.24, 2.45) is 16.2 Å². The number of pyridine rings is 1. The molecule has 1 heterocycles. The summed E-state index contributed by atoms with van der Waals surface area (Å²) < 4.78 is 0. The molecule has 0 radical (unpaired) electrons. The number of hydrogen-bond acceptors (Lipinski definition) is 3. The Balaban J connectivity index is 2.12. The SMILES string of the molecule is NN=NCc1cccc(C2CC2)n1. The highest BCUT2D eigenvalue weighted by Gasteiger charge is 2.24. The van der Waals surface area contributed by atoms with E-state index < -0.39 is 0 Å². The molecule has 1 aliphatic carbocycles. The van der Waals surface area contributed by atoms with Crippen molar-refractivity contribution in [2.75, 3.05) is 0 Å². The first-order chi connectivity index (χ1) is 6.40. The van der Waals surface area contributed by atoms with E-state index in [0.717, 1.165) is 5.69 Å². The molecular formula is C9H12N4. The van der Waals surface area contributed by atoms with Crippen LogP contribution in [0.4, 0.5) is 0 Å². The molecule has 0 aliphatic heterocycles. The third kappa shape index (κ3) is 2.02. The quantitative estimate of drug-likeness (QED) is 0.433. The highest BCUT2D eigenvalue weighted by molar-refractivity contribution is 5.18. The molecule has 1 aliphatic rings. The lowest BCUT2D eigenvalue weighted by atomic mass is 10.2. The van der Waals surface area contributed by atoms with Crippen molar-refractivity contribution in [3.8, 4) is 0 Å². The summed E-state index contributed by atoms with van der Waals surface area (Å²) in [6.07, 6.45) is 2.55. The predicted octanol–water partition coefficient (Wildman–Crippen LogP) is 1.78. The zero-order chi connectivity index (χ0) is 9.10. The standard InChI is InChI=1S/C9H12N4/c10-13-11-6-8-2-1-3-9(12-8)7-4-5-7/h1-3,7H,4-6H2,(H2,10,11). The summed E-state index contributed by atoms with van der Waals surface area (Å²) in [5, 5.41) is 6.91. The molecule has 0 saturated heterocycles. The molecule has 0 atom stereocenters.